The average molecular weight is 428 g/mol. The molecule has 0 aliphatic carbocycles. The largest absolute Gasteiger partial charge is 0.459 e. The van der Waals surface area contributed by atoms with Crippen LogP contribution in [-0.2, 0) is 19.1 Å². The molecule has 2 aromatic heterocycles. The van der Waals surface area contributed by atoms with Crippen LogP contribution in [0.25, 0.3) is 17.1 Å². The fourth-order valence-electron chi connectivity index (χ4n) is 2.95. The Hall–Kier alpha value is -3.62. The monoisotopic (exact) mass is 427 g/mol. The van der Waals surface area contributed by atoms with Crippen LogP contribution < -0.4 is 5.32 Å². The lowest BCUT2D eigenvalue weighted by Gasteiger charge is -2.09. The van der Waals surface area contributed by atoms with Crippen molar-refractivity contribution in [2.24, 2.45) is 0 Å². The predicted molar refractivity (Wildman–Crippen MR) is 112 cm³/mol. The van der Waals surface area contributed by atoms with Gasteiger partial charge in [-0.3, -0.25) is 4.79 Å². The molecule has 30 heavy (non-hydrogen) atoms. The van der Waals surface area contributed by atoms with Gasteiger partial charge in [0.05, 0.1) is 12.3 Å². The Balaban J connectivity index is 0.00000256. The van der Waals surface area contributed by atoms with Crippen molar-refractivity contribution in [2.45, 2.75) is 0 Å². The topological polar surface area (TPSA) is 114 Å². The van der Waals surface area contributed by atoms with Crippen molar-refractivity contribution < 1.29 is 24.2 Å². The second-order valence-corrected chi connectivity index (χ2v) is 6.12. The molecule has 2 aliphatic heterocycles. The highest BCUT2D eigenvalue weighted by Gasteiger charge is 2.38. The first-order valence-corrected chi connectivity index (χ1v) is 8.88. The summed E-state index contributed by atoms with van der Waals surface area (Å²) in [7, 11) is 0. The molecular formula is C21H18ClN3O5. The quantitative estimate of drug-likeness (QED) is 0.381. The van der Waals surface area contributed by atoms with Crippen molar-refractivity contribution in [2.75, 3.05) is 13.2 Å². The maximum atomic E-state index is 13.0. The number of rotatable bonds is 5. The Morgan fingerprint density at radius 3 is 3.00 bits per heavy atom. The van der Waals surface area contributed by atoms with Gasteiger partial charge >= 0.3 is 5.97 Å². The van der Waals surface area contributed by atoms with E-state index in [0.29, 0.717) is 16.9 Å². The molecule has 2 aromatic rings. The Bertz CT molecular complexity index is 1140. The number of pyridine rings is 1. The van der Waals surface area contributed by atoms with Crippen LogP contribution in [0.4, 0.5) is 0 Å². The molecule has 154 valence electrons. The number of carbonyl (C=O) groups excluding carboxylic acids is 2. The number of aromatic nitrogens is 2. The third kappa shape index (κ3) is 4.05. The van der Waals surface area contributed by atoms with Crippen LogP contribution in [0, 0.1) is 0 Å². The molecule has 0 amide bonds. The smallest absolute Gasteiger partial charge is 0.346 e. The number of hydrogen-bond acceptors (Lipinski definition) is 7. The van der Waals surface area contributed by atoms with E-state index in [0.717, 1.165) is 5.39 Å². The lowest BCUT2D eigenvalue weighted by molar-refractivity contribution is -0.141. The van der Waals surface area contributed by atoms with Crippen LogP contribution >= 0.6 is 12.4 Å². The van der Waals surface area contributed by atoms with Crippen molar-refractivity contribution in [3.8, 4) is 0 Å². The van der Waals surface area contributed by atoms with Gasteiger partial charge in [-0.2, -0.15) is 0 Å². The molecule has 3 N–H and O–H groups in total. The fourth-order valence-corrected chi connectivity index (χ4v) is 2.95. The molecule has 0 bridgehead atoms. The number of ketones is 1. The molecule has 0 atom stereocenters. The normalized spacial score (nSPS) is 16.8. The summed E-state index contributed by atoms with van der Waals surface area (Å²) < 4.78 is 10.8. The molecule has 0 radical (unpaired) electrons. The van der Waals surface area contributed by atoms with E-state index in [9.17, 15) is 9.59 Å². The third-order valence-corrected chi connectivity index (χ3v) is 4.25. The summed E-state index contributed by atoms with van der Waals surface area (Å²) in [6, 6.07) is 3.65. The molecule has 0 saturated carbocycles. The molecule has 9 heteroatoms. The average Bonchev–Trinajstić information content (AvgIpc) is 3.15. The molecular weight excluding hydrogens is 410 g/mol. The van der Waals surface area contributed by atoms with Gasteiger partial charge in [-0.25, -0.2) is 9.78 Å². The van der Waals surface area contributed by atoms with Crippen LogP contribution in [0.5, 0.6) is 0 Å². The summed E-state index contributed by atoms with van der Waals surface area (Å²) in [5.41, 5.74) is 1.57. The Kier molecular flexibility index (Phi) is 6.51. The van der Waals surface area contributed by atoms with Gasteiger partial charge in [-0.05, 0) is 30.4 Å². The Morgan fingerprint density at radius 1 is 1.30 bits per heavy atom. The van der Waals surface area contributed by atoms with E-state index in [4.69, 9.17) is 14.6 Å². The maximum Gasteiger partial charge on any atom is 0.346 e. The highest BCUT2D eigenvalue weighted by atomic mass is 35.5. The summed E-state index contributed by atoms with van der Waals surface area (Å²) in [6.45, 7) is -0.566. The second-order valence-electron chi connectivity index (χ2n) is 6.12. The molecule has 0 fully saturated rings. The van der Waals surface area contributed by atoms with Crippen molar-refractivity contribution in [3.63, 3.8) is 0 Å². The molecule has 4 heterocycles. The molecule has 0 saturated heterocycles. The number of hydrogen-bond donors (Lipinski definition) is 3. The molecule has 2 aliphatic rings. The zero-order valence-electron chi connectivity index (χ0n) is 15.6. The van der Waals surface area contributed by atoms with Gasteiger partial charge in [-0.15, -0.1) is 12.4 Å². The van der Waals surface area contributed by atoms with E-state index < -0.39 is 11.8 Å². The Morgan fingerprint density at radius 2 is 2.17 bits per heavy atom. The number of fused-ring (bicyclic) bond motifs is 1. The number of nitrogens with zero attached hydrogens (tertiary/aromatic N) is 1. The SMILES string of the molecule is Cl.O=C(OCCO)C1=C(C2=CC=CC=CN2)OC(=Cc2c[nH]c3ncccc23)C1=O. The van der Waals surface area contributed by atoms with Gasteiger partial charge in [0.1, 0.15) is 12.3 Å². The summed E-state index contributed by atoms with van der Waals surface area (Å²) in [5.74, 6) is -1.40. The minimum absolute atomic E-state index is 0. The van der Waals surface area contributed by atoms with E-state index in [1.807, 2.05) is 6.07 Å². The predicted octanol–water partition coefficient (Wildman–Crippen LogP) is 2.27. The zero-order chi connectivity index (χ0) is 20.2. The van der Waals surface area contributed by atoms with Gasteiger partial charge in [-0.1, -0.05) is 12.2 Å². The van der Waals surface area contributed by atoms with E-state index in [1.54, 1.807) is 55.0 Å². The van der Waals surface area contributed by atoms with Crippen LogP contribution in [0.1, 0.15) is 5.56 Å². The van der Waals surface area contributed by atoms with Crippen molar-refractivity contribution in [1.82, 2.24) is 15.3 Å². The van der Waals surface area contributed by atoms with E-state index in [1.165, 1.54) is 0 Å². The number of aromatic amines is 1. The molecule has 4 rings (SSSR count). The van der Waals surface area contributed by atoms with Gasteiger partial charge in [0.15, 0.2) is 17.1 Å². The summed E-state index contributed by atoms with van der Waals surface area (Å²) in [4.78, 5) is 32.7. The number of esters is 1. The molecule has 0 spiro atoms. The summed E-state index contributed by atoms with van der Waals surface area (Å²) >= 11 is 0. The highest BCUT2D eigenvalue weighted by molar-refractivity contribution is 6.27. The number of nitrogens with one attached hydrogen (secondary N) is 2. The number of ether oxygens (including phenoxy) is 2. The number of aliphatic hydroxyl groups excluding tert-OH is 1. The van der Waals surface area contributed by atoms with Gasteiger partial charge in [0.2, 0.25) is 5.78 Å². The number of carbonyl (C=O) groups is 2. The van der Waals surface area contributed by atoms with Crippen LogP contribution in [0.3, 0.4) is 0 Å². The zero-order valence-corrected chi connectivity index (χ0v) is 16.4. The highest BCUT2D eigenvalue weighted by Crippen LogP contribution is 2.32. The third-order valence-electron chi connectivity index (χ3n) is 4.25. The first-order chi connectivity index (χ1) is 14.2. The Labute approximate surface area is 177 Å². The van der Waals surface area contributed by atoms with E-state index >= 15 is 0 Å². The summed E-state index contributed by atoms with van der Waals surface area (Å²) in [6.07, 6.45) is 13.6. The minimum atomic E-state index is -0.858. The van der Waals surface area contributed by atoms with Crippen molar-refractivity contribution in [1.29, 1.82) is 0 Å². The standard InChI is InChI=1S/C21H17N3O5.ClH/c25-9-10-28-21(27)17-18(26)16(29-19(17)15-6-2-1-3-7-22-15)11-13-12-24-20-14(13)5-4-8-23-20;/h1-8,11-12,22,25H,9-10H2,(H,23,24);1H. The number of Topliss-reactive ketones (excluding diaryl/α,β-unsaturated/α-hetero) is 1. The maximum absolute atomic E-state index is 13.0. The van der Waals surface area contributed by atoms with Crippen LogP contribution in [-0.4, -0.2) is 40.0 Å². The van der Waals surface area contributed by atoms with Gasteiger partial charge in [0, 0.05) is 29.5 Å². The van der Waals surface area contributed by atoms with Crippen LogP contribution in [0.15, 0.2) is 77.8 Å². The first-order valence-electron chi connectivity index (χ1n) is 8.88. The lowest BCUT2D eigenvalue weighted by Crippen LogP contribution is -2.18. The van der Waals surface area contributed by atoms with Gasteiger partial charge in [0.25, 0.3) is 0 Å². The van der Waals surface area contributed by atoms with Crippen molar-refractivity contribution in [3.05, 3.63) is 83.4 Å². The second kappa shape index (κ2) is 9.25. The van der Waals surface area contributed by atoms with Crippen molar-refractivity contribution >= 4 is 41.3 Å². The fraction of sp³-hybridized carbons (Fsp3) is 0.0952. The van der Waals surface area contributed by atoms with E-state index in [-0.39, 0.29) is 42.7 Å². The van der Waals surface area contributed by atoms with Gasteiger partial charge < -0.3 is 24.9 Å². The number of allylic oxidation sites excluding steroid dienone is 5. The number of halogens is 1. The number of H-pyrrole nitrogens is 1. The molecule has 8 nitrogen and oxygen atoms in total. The molecule has 0 unspecified atom stereocenters. The molecule has 0 aromatic carbocycles. The number of aliphatic hydroxyl groups is 1. The first kappa shape index (κ1) is 21.1. The van der Waals surface area contributed by atoms with Crippen LogP contribution in [0.2, 0.25) is 0 Å². The lowest BCUT2D eigenvalue weighted by atomic mass is 10.1. The summed E-state index contributed by atoms with van der Waals surface area (Å²) in [5, 5.41) is 12.7. The van der Waals surface area contributed by atoms with E-state index in [2.05, 4.69) is 15.3 Å². The minimum Gasteiger partial charge on any atom is -0.459 e.